The summed E-state index contributed by atoms with van der Waals surface area (Å²) in [5.74, 6) is -0.907. The Bertz CT molecular complexity index is 515. The normalized spacial score (nSPS) is 12.2. The molecule has 0 aliphatic heterocycles. The van der Waals surface area contributed by atoms with Gasteiger partial charge >= 0.3 is 5.97 Å². The Morgan fingerprint density at radius 2 is 2.06 bits per heavy atom. The van der Waals surface area contributed by atoms with Crippen molar-refractivity contribution in [1.29, 1.82) is 0 Å². The minimum atomic E-state index is -0.907. The lowest BCUT2D eigenvalue weighted by molar-refractivity contribution is -0.136. The SMILES string of the molecule is Nc1nnc(SC(C(=O)O)c2ccccc2)s1. The van der Waals surface area contributed by atoms with E-state index in [-0.39, 0.29) is 0 Å². The summed E-state index contributed by atoms with van der Waals surface area (Å²) >= 11 is 2.32. The van der Waals surface area contributed by atoms with Gasteiger partial charge in [0.25, 0.3) is 0 Å². The first kappa shape index (κ1) is 11.9. The van der Waals surface area contributed by atoms with E-state index in [0.29, 0.717) is 9.47 Å². The highest BCUT2D eigenvalue weighted by Gasteiger charge is 2.22. The van der Waals surface area contributed by atoms with Gasteiger partial charge in [-0.25, -0.2) is 0 Å². The number of benzene rings is 1. The van der Waals surface area contributed by atoms with E-state index in [2.05, 4.69) is 10.2 Å². The molecule has 0 radical (unpaired) electrons. The van der Waals surface area contributed by atoms with E-state index in [4.69, 9.17) is 5.73 Å². The Kier molecular flexibility index (Phi) is 3.60. The molecule has 0 spiro atoms. The molecule has 17 heavy (non-hydrogen) atoms. The summed E-state index contributed by atoms with van der Waals surface area (Å²) in [7, 11) is 0. The van der Waals surface area contributed by atoms with Gasteiger partial charge < -0.3 is 10.8 Å². The van der Waals surface area contributed by atoms with Gasteiger partial charge in [0.1, 0.15) is 5.25 Å². The molecule has 0 bridgehead atoms. The number of carboxylic acid groups (broad SMARTS) is 1. The van der Waals surface area contributed by atoms with Crippen molar-refractivity contribution in [3.8, 4) is 0 Å². The summed E-state index contributed by atoms with van der Waals surface area (Å²) in [5, 5.41) is 16.3. The molecule has 2 aromatic rings. The summed E-state index contributed by atoms with van der Waals surface area (Å²) in [4.78, 5) is 11.2. The summed E-state index contributed by atoms with van der Waals surface area (Å²) < 4.78 is 0.554. The number of nitrogens with zero attached hydrogens (tertiary/aromatic N) is 2. The van der Waals surface area contributed by atoms with Crippen molar-refractivity contribution in [3.63, 3.8) is 0 Å². The summed E-state index contributed by atoms with van der Waals surface area (Å²) in [6, 6.07) is 9.00. The molecule has 0 aliphatic rings. The fourth-order valence-corrected chi connectivity index (χ4v) is 3.02. The van der Waals surface area contributed by atoms with Crippen LogP contribution in [0.25, 0.3) is 0 Å². The maximum Gasteiger partial charge on any atom is 0.321 e. The van der Waals surface area contributed by atoms with Gasteiger partial charge in [-0.3, -0.25) is 4.79 Å². The van der Waals surface area contributed by atoms with Crippen LogP contribution in [-0.2, 0) is 4.79 Å². The van der Waals surface area contributed by atoms with Gasteiger partial charge in [-0.15, -0.1) is 10.2 Å². The van der Waals surface area contributed by atoms with Crippen LogP contribution in [0.2, 0.25) is 0 Å². The molecular weight excluding hydrogens is 258 g/mol. The lowest BCUT2D eigenvalue weighted by atomic mass is 10.1. The number of anilines is 1. The number of carbonyl (C=O) groups is 1. The average molecular weight is 267 g/mol. The van der Waals surface area contributed by atoms with Gasteiger partial charge in [0.15, 0.2) is 4.34 Å². The first-order valence-corrected chi connectivity index (χ1v) is 6.40. The average Bonchev–Trinajstić information content (AvgIpc) is 2.73. The van der Waals surface area contributed by atoms with E-state index >= 15 is 0 Å². The van der Waals surface area contributed by atoms with Crippen molar-refractivity contribution in [2.45, 2.75) is 9.59 Å². The van der Waals surface area contributed by atoms with Crippen molar-refractivity contribution < 1.29 is 9.90 Å². The third kappa shape index (κ3) is 2.95. The number of aromatic nitrogens is 2. The molecule has 0 saturated carbocycles. The summed E-state index contributed by atoms with van der Waals surface area (Å²) in [6.07, 6.45) is 0. The second-order valence-electron chi connectivity index (χ2n) is 3.15. The van der Waals surface area contributed by atoms with Gasteiger partial charge in [-0.2, -0.15) is 0 Å². The number of aliphatic carboxylic acids is 1. The van der Waals surface area contributed by atoms with E-state index in [1.165, 1.54) is 11.3 Å². The Morgan fingerprint density at radius 3 is 2.59 bits per heavy atom. The monoisotopic (exact) mass is 267 g/mol. The van der Waals surface area contributed by atoms with Crippen LogP contribution in [0.4, 0.5) is 5.13 Å². The smallest absolute Gasteiger partial charge is 0.321 e. The van der Waals surface area contributed by atoms with Crippen LogP contribution >= 0.6 is 23.1 Å². The van der Waals surface area contributed by atoms with E-state index in [1.54, 1.807) is 24.3 Å². The first-order chi connectivity index (χ1) is 8.16. The Labute approximate surface area is 106 Å². The lowest BCUT2D eigenvalue weighted by Gasteiger charge is -2.09. The molecule has 1 aromatic heterocycles. The highest BCUT2D eigenvalue weighted by Crippen LogP contribution is 2.37. The van der Waals surface area contributed by atoms with Crippen molar-refractivity contribution in [1.82, 2.24) is 10.2 Å². The molecule has 1 unspecified atom stereocenters. The molecule has 2 rings (SSSR count). The van der Waals surface area contributed by atoms with Crippen LogP contribution < -0.4 is 5.73 Å². The molecule has 0 amide bonds. The van der Waals surface area contributed by atoms with Gasteiger partial charge in [0, 0.05) is 0 Å². The van der Waals surface area contributed by atoms with Crippen molar-refractivity contribution in [2.24, 2.45) is 0 Å². The molecule has 88 valence electrons. The number of nitrogen functional groups attached to an aromatic ring is 1. The van der Waals surface area contributed by atoms with Crippen LogP contribution in [-0.4, -0.2) is 21.3 Å². The largest absolute Gasteiger partial charge is 0.480 e. The van der Waals surface area contributed by atoms with E-state index in [0.717, 1.165) is 17.3 Å². The third-order valence-electron chi connectivity index (χ3n) is 1.97. The zero-order valence-corrected chi connectivity index (χ0v) is 10.2. The van der Waals surface area contributed by atoms with Crippen LogP contribution in [0.1, 0.15) is 10.8 Å². The fraction of sp³-hybridized carbons (Fsp3) is 0.100. The molecule has 0 saturated heterocycles. The van der Waals surface area contributed by atoms with Gasteiger partial charge in [-0.05, 0) is 5.56 Å². The van der Waals surface area contributed by atoms with Crippen LogP contribution in [0.5, 0.6) is 0 Å². The molecule has 7 heteroatoms. The second-order valence-corrected chi connectivity index (χ2v) is 5.51. The first-order valence-electron chi connectivity index (χ1n) is 4.70. The van der Waals surface area contributed by atoms with Crippen molar-refractivity contribution in [3.05, 3.63) is 35.9 Å². The second kappa shape index (κ2) is 5.15. The fourth-order valence-electron chi connectivity index (χ4n) is 1.26. The zero-order chi connectivity index (χ0) is 12.3. The molecule has 3 N–H and O–H groups in total. The quantitative estimate of drug-likeness (QED) is 0.824. The van der Waals surface area contributed by atoms with Gasteiger partial charge in [0.2, 0.25) is 5.13 Å². The summed E-state index contributed by atoms with van der Waals surface area (Å²) in [5.41, 5.74) is 6.17. The predicted octanol–water partition coefficient (Wildman–Crippen LogP) is 2.04. The van der Waals surface area contributed by atoms with Crippen LogP contribution in [0.15, 0.2) is 34.7 Å². The molecule has 0 aliphatic carbocycles. The Hall–Kier alpha value is -1.60. The maximum absolute atomic E-state index is 11.2. The number of hydrogen-bond acceptors (Lipinski definition) is 6. The lowest BCUT2D eigenvalue weighted by Crippen LogP contribution is -2.07. The molecule has 1 heterocycles. The van der Waals surface area contributed by atoms with E-state index < -0.39 is 11.2 Å². The Balaban J connectivity index is 2.22. The highest BCUT2D eigenvalue weighted by atomic mass is 32.2. The zero-order valence-electron chi connectivity index (χ0n) is 8.61. The van der Waals surface area contributed by atoms with E-state index in [1.807, 2.05) is 6.07 Å². The number of carboxylic acids is 1. The molecule has 5 nitrogen and oxygen atoms in total. The van der Waals surface area contributed by atoms with Gasteiger partial charge in [-0.1, -0.05) is 53.4 Å². The van der Waals surface area contributed by atoms with Gasteiger partial charge in [0.05, 0.1) is 0 Å². The standard InChI is InChI=1S/C10H9N3O2S2/c11-9-12-13-10(17-9)16-7(8(14)15)6-4-2-1-3-5-6/h1-5,7H,(H2,11,12)(H,14,15). The number of thioether (sulfide) groups is 1. The number of nitrogens with two attached hydrogens (primary N) is 1. The minimum absolute atomic E-state index is 0.338. The predicted molar refractivity (Wildman–Crippen MR) is 67.0 cm³/mol. The molecule has 0 fully saturated rings. The Morgan fingerprint density at radius 1 is 1.35 bits per heavy atom. The topological polar surface area (TPSA) is 89.1 Å². The number of hydrogen-bond donors (Lipinski definition) is 2. The minimum Gasteiger partial charge on any atom is -0.480 e. The number of rotatable bonds is 4. The third-order valence-corrected chi connectivity index (χ3v) is 4.05. The molecular formula is C10H9N3O2S2. The molecule has 1 aromatic carbocycles. The highest BCUT2D eigenvalue weighted by molar-refractivity contribution is 8.01. The summed E-state index contributed by atoms with van der Waals surface area (Å²) in [6.45, 7) is 0. The van der Waals surface area contributed by atoms with Crippen LogP contribution in [0, 0.1) is 0 Å². The van der Waals surface area contributed by atoms with Crippen molar-refractivity contribution in [2.75, 3.05) is 5.73 Å². The molecule has 1 atom stereocenters. The van der Waals surface area contributed by atoms with Crippen LogP contribution in [0.3, 0.4) is 0 Å². The van der Waals surface area contributed by atoms with Crippen molar-refractivity contribution >= 4 is 34.2 Å². The maximum atomic E-state index is 11.2. The van der Waals surface area contributed by atoms with E-state index in [9.17, 15) is 9.90 Å².